The van der Waals surface area contributed by atoms with Crippen molar-refractivity contribution in [3.05, 3.63) is 112 Å². The smallest absolute Gasteiger partial charge is 0.216 e. The highest BCUT2D eigenvalue weighted by atomic mass is 35.5. The zero-order valence-electron chi connectivity index (χ0n) is 21.3. The number of aliphatic hydroxyl groups excluding tert-OH is 1. The van der Waals surface area contributed by atoms with Gasteiger partial charge in [-0.3, -0.25) is 9.59 Å². The van der Waals surface area contributed by atoms with Crippen molar-refractivity contribution in [3.8, 4) is 5.75 Å². The maximum absolute atomic E-state index is 13.6. The molecule has 7 heteroatoms. The van der Waals surface area contributed by atoms with Gasteiger partial charge in [-0.05, 0) is 35.2 Å². The van der Waals surface area contributed by atoms with Crippen LogP contribution in [0.4, 0.5) is 0 Å². The maximum atomic E-state index is 13.6. The van der Waals surface area contributed by atoms with Crippen molar-refractivity contribution in [1.82, 2.24) is 10.3 Å². The minimum Gasteiger partial charge on any atom is -0.511 e. The van der Waals surface area contributed by atoms with Crippen LogP contribution >= 0.6 is 11.6 Å². The average molecular weight is 529 g/mol. The molecule has 0 aliphatic heterocycles. The molecule has 6 nitrogen and oxygen atoms in total. The van der Waals surface area contributed by atoms with Gasteiger partial charge in [0.15, 0.2) is 5.78 Å². The van der Waals surface area contributed by atoms with Crippen molar-refractivity contribution in [3.63, 3.8) is 0 Å². The summed E-state index contributed by atoms with van der Waals surface area (Å²) in [5.41, 5.74) is 4.66. The number of hydrogen-bond acceptors (Lipinski definition) is 4. The quantitative estimate of drug-likeness (QED) is 0.253. The molecule has 3 N–H and O–H groups in total. The second kappa shape index (κ2) is 10.8. The monoisotopic (exact) mass is 528 g/mol. The fourth-order valence-electron chi connectivity index (χ4n) is 5.42. The SMILES string of the molecule is COc1cc2c(CCNC(C)=O)c(C(C3=C(O)C(c4ccccc4)CC3=O)c3ccccc3)[nH]c2cc1Cl. The molecule has 0 fully saturated rings. The number of allylic oxidation sites excluding steroid dienone is 2. The van der Waals surface area contributed by atoms with Crippen molar-refractivity contribution in [2.75, 3.05) is 13.7 Å². The van der Waals surface area contributed by atoms with E-state index in [9.17, 15) is 14.7 Å². The molecule has 2 unspecified atom stereocenters. The summed E-state index contributed by atoms with van der Waals surface area (Å²) >= 11 is 6.46. The van der Waals surface area contributed by atoms with E-state index >= 15 is 0 Å². The summed E-state index contributed by atoms with van der Waals surface area (Å²) in [6, 6.07) is 23.0. The van der Waals surface area contributed by atoms with Crippen LogP contribution in [0.5, 0.6) is 5.75 Å². The van der Waals surface area contributed by atoms with E-state index in [1.165, 1.54) is 6.92 Å². The fraction of sp³-hybridized carbons (Fsp3) is 0.226. The Morgan fingerprint density at radius 1 is 1.13 bits per heavy atom. The predicted molar refractivity (Wildman–Crippen MR) is 149 cm³/mol. The molecule has 1 aliphatic carbocycles. The van der Waals surface area contributed by atoms with E-state index in [4.69, 9.17) is 16.3 Å². The van der Waals surface area contributed by atoms with Crippen molar-refractivity contribution in [2.24, 2.45) is 0 Å². The third kappa shape index (κ3) is 4.79. The van der Waals surface area contributed by atoms with E-state index in [0.717, 1.165) is 33.3 Å². The highest BCUT2D eigenvalue weighted by molar-refractivity contribution is 6.32. The van der Waals surface area contributed by atoms with Gasteiger partial charge in [-0.1, -0.05) is 72.3 Å². The first kappa shape index (κ1) is 25.6. The number of aromatic amines is 1. The van der Waals surface area contributed by atoms with Crippen molar-refractivity contribution in [2.45, 2.75) is 31.6 Å². The minimum atomic E-state index is -0.540. The highest BCUT2D eigenvalue weighted by Gasteiger charge is 2.40. The largest absolute Gasteiger partial charge is 0.511 e. The average Bonchev–Trinajstić information content (AvgIpc) is 3.41. The molecule has 3 aromatic carbocycles. The molecule has 0 saturated heterocycles. The number of aromatic nitrogens is 1. The zero-order chi connectivity index (χ0) is 26.8. The molecule has 4 aromatic rings. The minimum absolute atomic E-state index is 0.0905. The van der Waals surface area contributed by atoms with Crippen LogP contribution in [0.25, 0.3) is 10.9 Å². The highest BCUT2D eigenvalue weighted by Crippen LogP contribution is 2.46. The van der Waals surface area contributed by atoms with Crippen LogP contribution in [0, 0.1) is 0 Å². The van der Waals surface area contributed by atoms with Crippen molar-refractivity contribution in [1.29, 1.82) is 0 Å². The number of methoxy groups -OCH3 is 1. The molecular weight excluding hydrogens is 500 g/mol. The molecule has 0 spiro atoms. The molecule has 0 radical (unpaired) electrons. The van der Waals surface area contributed by atoms with E-state index in [-0.39, 0.29) is 23.9 Å². The second-order valence-corrected chi connectivity index (χ2v) is 9.92. The van der Waals surface area contributed by atoms with Crippen LogP contribution < -0.4 is 10.1 Å². The van der Waals surface area contributed by atoms with Gasteiger partial charge in [0.05, 0.1) is 18.1 Å². The number of benzene rings is 3. The number of aliphatic hydroxyl groups is 1. The Balaban J connectivity index is 1.73. The number of carbonyl (C=O) groups is 2. The normalized spacial score (nSPS) is 16.2. The van der Waals surface area contributed by atoms with Gasteiger partial charge >= 0.3 is 0 Å². The van der Waals surface area contributed by atoms with Crippen molar-refractivity contribution < 1.29 is 19.4 Å². The van der Waals surface area contributed by atoms with E-state index < -0.39 is 11.8 Å². The molecule has 0 bridgehead atoms. The fourth-order valence-corrected chi connectivity index (χ4v) is 5.66. The number of H-pyrrole nitrogens is 1. The van der Waals surface area contributed by atoms with Gasteiger partial charge in [-0.2, -0.15) is 0 Å². The Labute approximate surface area is 226 Å². The summed E-state index contributed by atoms with van der Waals surface area (Å²) in [7, 11) is 1.56. The van der Waals surface area contributed by atoms with E-state index in [1.54, 1.807) is 13.2 Å². The zero-order valence-corrected chi connectivity index (χ0v) is 22.0. The predicted octanol–water partition coefficient (Wildman–Crippen LogP) is 6.21. The van der Waals surface area contributed by atoms with Gasteiger partial charge in [-0.15, -0.1) is 0 Å². The maximum Gasteiger partial charge on any atom is 0.216 e. The number of amides is 1. The molecule has 2 atom stereocenters. The number of halogens is 1. The van der Waals surface area contributed by atoms with Crippen LogP contribution in [-0.2, 0) is 16.0 Å². The number of ether oxygens (including phenoxy) is 1. The standard InChI is InChI=1S/C31H29ClN2O4/c1-18(35)33-14-13-21-23-16-27(38-2)24(32)17-25(23)34-30(21)28(20-11-7-4-8-12-20)29-26(36)15-22(31(29)37)19-9-5-3-6-10-19/h3-12,16-17,22,28,34,37H,13-15H2,1-2H3,(H,33,35). The summed E-state index contributed by atoms with van der Waals surface area (Å²) in [6.45, 7) is 1.89. The number of carbonyl (C=O) groups excluding carboxylic acids is 2. The molecule has 1 aromatic heterocycles. The summed E-state index contributed by atoms with van der Waals surface area (Å²) in [5, 5.41) is 15.8. The van der Waals surface area contributed by atoms with Crippen LogP contribution in [0.1, 0.15) is 47.6 Å². The van der Waals surface area contributed by atoms with Crippen LogP contribution in [0.15, 0.2) is 84.1 Å². The number of Topliss-reactive ketones (excluding diaryl/α,β-unsaturated/α-hetero) is 1. The topological polar surface area (TPSA) is 91.4 Å². The molecule has 1 amide bonds. The van der Waals surface area contributed by atoms with E-state index in [0.29, 0.717) is 29.3 Å². The Kier molecular flexibility index (Phi) is 7.25. The first-order valence-corrected chi connectivity index (χ1v) is 12.9. The van der Waals surface area contributed by atoms with Crippen molar-refractivity contribution >= 4 is 34.2 Å². The van der Waals surface area contributed by atoms with Gasteiger partial charge in [0.25, 0.3) is 0 Å². The molecule has 38 heavy (non-hydrogen) atoms. The lowest BCUT2D eigenvalue weighted by molar-refractivity contribution is -0.119. The van der Waals surface area contributed by atoms with E-state index in [1.807, 2.05) is 66.7 Å². The number of hydrogen-bond donors (Lipinski definition) is 3. The summed E-state index contributed by atoms with van der Waals surface area (Å²) in [6.07, 6.45) is 0.711. The molecule has 5 rings (SSSR count). The number of ketones is 1. The number of fused-ring (bicyclic) bond motifs is 1. The van der Waals surface area contributed by atoms with Gasteiger partial charge in [0.2, 0.25) is 5.91 Å². The van der Waals surface area contributed by atoms with Crippen LogP contribution in [-0.4, -0.2) is 35.4 Å². The summed E-state index contributed by atoms with van der Waals surface area (Å²) in [4.78, 5) is 28.8. The summed E-state index contributed by atoms with van der Waals surface area (Å²) in [5.74, 6) is -0.522. The second-order valence-electron chi connectivity index (χ2n) is 9.52. The lowest BCUT2D eigenvalue weighted by Gasteiger charge is -2.20. The first-order chi connectivity index (χ1) is 18.4. The van der Waals surface area contributed by atoms with Crippen LogP contribution in [0.3, 0.4) is 0 Å². The molecule has 1 heterocycles. The number of nitrogens with one attached hydrogen (secondary N) is 2. The Hall–Kier alpha value is -4.03. The van der Waals surface area contributed by atoms with Gasteiger partial charge < -0.3 is 20.1 Å². The third-order valence-electron chi connectivity index (χ3n) is 7.17. The van der Waals surface area contributed by atoms with Gasteiger partial charge in [0.1, 0.15) is 11.5 Å². The first-order valence-electron chi connectivity index (χ1n) is 12.6. The molecular formula is C31H29ClN2O4. The van der Waals surface area contributed by atoms with E-state index in [2.05, 4.69) is 10.3 Å². The summed E-state index contributed by atoms with van der Waals surface area (Å²) < 4.78 is 5.48. The lowest BCUT2D eigenvalue weighted by atomic mass is 9.84. The third-order valence-corrected chi connectivity index (χ3v) is 7.46. The molecule has 1 aliphatic rings. The Morgan fingerprint density at radius 3 is 2.47 bits per heavy atom. The van der Waals surface area contributed by atoms with Gasteiger partial charge in [0, 0.05) is 48.0 Å². The Morgan fingerprint density at radius 2 is 1.82 bits per heavy atom. The molecule has 194 valence electrons. The molecule has 0 saturated carbocycles. The number of rotatable bonds is 8. The van der Waals surface area contributed by atoms with Gasteiger partial charge in [-0.25, -0.2) is 0 Å². The Bertz CT molecular complexity index is 1530. The lowest BCUT2D eigenvalue weighted by Crippen LogP contribution is -2.23. The van der Waals surface area contributed by atoms with Crippen LogP contribution in [0.2, 0.25) is 5.02 Å².